The predicted molar refractivity (Wildman–Crippen MR) is 71.0 cm³/mol. The van der Waals surface area contributed by atoms with Gasteiger partial charge in [-0.1, -0.05) is 0 Å². The van der Waals surface area contributed by atoms with E-state index < -0.39 is 5.92 Å². The molecule has 2 N–H and O–H groups in total. The molecule has 2 aromatic heterocycles. The van der Waals surface area contributed by atoms with Gasteiger partial charge in [0.1, 0.15) is 0 Å². The number of rotatable bonds is 1. The maximum atomic E-state index is 12.0. The largest absolute Gasteiger partial charge is 0.382 e. The molecule has 0 saturated carbocycles. The van der Waals surface area contributed by atoms with Crippen LogP contribution in [-0.2, 0) is 9.59 Å². The van der Waals surface area contributed by atoms with Gasteiger partial charge in [0.05, 0.1) is 22.5 Å². The van der Waals surface area contributed by atoms with E-state index in [1.807, 2.05) is 18.2 Å². The summed E-state index contributed by atoms with van der Waals surface area (Å²) in [5, 5.41) is 7.03. The van der Waals surface area contributed by atoms with Gasteiger partial charge in [0, 0.05) is 18.0 Å². The quantitative estimate of drug-likeness (QED) is 0.660. The van der Waals surface area contributed by atoms with Gasteiger partial charge in [-0.2, -0.15) is 0 Å². The number of H-pyrrole nitrogens is 1. The van der Waals surface area contributed by atoms with E-state index >= 15 is 0 Å². The molecule has 3 heterocycles. The normalized spacial score (nSPS) is 19.7. The fraction of sp³-hybridized carbons (Fsp3) is 0.214. The number of imide groups is 1. The number of aromatic nitrogens is 2. The zero-order valence-electron chi connectivity index (χ0n) is 10.5. The van der Waals surface area contributed by atoms with E-state index in [0.29, 0.717) is 24.1 Å². The first kappa shape index (κ1) is 11.2. The van der Waals surface area contributed by atoms with E-state index in [2.05, 4.69) is 15.5 Å². The van der Waals surface area contributed by atoms with E-state index in [1.165, 1.54) is 0 Å². The lowest BCUT2D eigenvalue weighted by atomic mass is 9.92. The molecule has 0 spiro atoms. The van der Waals surface area contributed by atoms with Gasteiger partial charge in [-0.25, -0.2) is 5.16 Å². The molecule has 0 aliphatic carbocycles. The van der Waals surface area contributed by atoms with Crippen molar-refractivity contribution in [2.45, 2.75) is 18.8 Å². The fourth-order valence-corrected chi connectivity index (χ4v) is 2.80. The molecule has 3 aromatic rings. The number of aromatic amines is 1. The van der Waals surface area contributed by atoms with Crippen molar-refractivity contribution in [1.29, 1.82) is 0 Å². The van der Waals surface area contributed by atoms with Crippen LogP contribution in [0.15, 0.2) is 28.9 Å². The highest BCUT2D eigenvalue weighted by Gasteiger charge is 2.31. The van der Waals surface area contributed by atoms with Crippen LogP contribution in [0.25, 0.3) is 21.9 Å². The Kier molecular flexibility index (Phi) is 2.20. The molecule has 1 aliphatic rings. The Bertz CT molecular complexity index is 846. The molecule has 1 fully saturated rings. The number of hydrogen-bond donors (Lipinski definition) is 2. The zero-order chi connectivity index (χ0) is 13.7. The monoisotopic (exact) mass is 269 g/mol. The Morgan fingerprint density at radius 1 is 1.25 bits per heavy atom. The van der Waals surface area contributed by atoms with Gasteiger partial charge < -0.3 is 4.52 Å². The molecule has 1 aliphatic heterocycles. The number of fused-ring (bicyclic) bond motifs is 3. The summed E-state index contributed by atoms with van der Waals surface area (Å²) in [6, 6.07) is 5.61. The summed E-state index contributed by atoms with van der Waals surface area (Å²) in [4.78, 5) is 27.5. The average molecular weight is 269 g/mol. The van der Waals surface area contributed by atoms with Crippen molar-refractivity contribution in [3.63, 3.8) is 0 Å². The summed E-state index contributed by atoms with van der Waals surface area (Å²) in [6.45, 7) is 0. The van der Waals surface area contributed by atoms with Gasteiger partial charge >= 0.3 is 0 Å². The molecule has 2 amide bonds. The van der Waals surface area contributed by atoms with Crippen LogP contribution in [0.1, 0.15) is 24.5 Å². The number of nitrogens with one attached hydrogen (secondary N) is 2. The molecule has 6 nitrogen and oxygen atoms in total. The first-order chi connectivity index (χ1) is 9.74. The molecule has 100 valence electrons. The van der Waals surface area contributed by atoms with Crippen LogP contribution in [-0.4, -0.2) is 22.0 Å². The van der Waals surface area contributed by atoms with Gasteiger partial charge in [0.2, 0.25) is 11.8 Å². The molecule has 0 radical (unpaired) electrons. The van der Waals surface area contributed by atoms with Crippen molar-refractivity contribution in [3.8, 4) is 0 Å². The molecule has 1 aromatic carbocycles. The Labute approximate surface area is 113 Å². The summed E-state index contributed by atoms with van der Waals surface area (Å²) in [7, 11) is 0. The molecule has 4 rings (SSSR count). The lowest BCUT2D eigenvalue weighted by molar-refractivity contribution is -0.134. The summed E-state index contributed by atoms with van der Waals surface area (Å²) in [5.41, 5.74) is 2.26. The number of carbonyl (C=O) groups excluding carboxylic acids is 2. The van der Waals surface area contributed by atoms with E-state index in [4.69, 9.17) is 4.52 Å². The summed E-state index contributed by atoms with van der Waals surface area (Å²) in [5.74, 6) is -0.898. The molecule has 0 bridgehead atoms. The SMILES string of the molecule is O=C1CCC(c2[nH]oc3ccc4nccc4c23)C(=O)N1. The first-order valence-electron chi connectivity index (χ1n) is 6.42. The number of nitrogens with zero attached hydrogens (tertiary/aromatic N) is 1. The number of hydrogen-bond acceptors (Lipinski definition) is 4. The number of benzene rings is 1. The van der Waals surface area contributed by atoms with Crippen LogP contribution >= 0.6 is 0 Å². The third-order valence-electron chi connectivity index (χ3n) is 3.77. The average Bonchev–Trinajstić information content (AvgIpc) is 3.03. The zero-order valence-corrected chi connectivity index (χ0v) is 10.5. The van der Waals surface area contributed by atoms with Crippen molar-refractivity contribution in [2.24, 2.45) is 0 Å². The van der Waals surface area contributed by atoms with Gasteiger partial charge in [0.25, 0.3) is 0 Å². The minimum absolute atomic E-state index is 0.223. The molecular weight excluding hydrogens is 258 g/mol. The number of amides is 2. The standard InChI is InChI=1S/C14H11N3O3/c18-11-4-1-8(14(19)16-11)13-12-7-5-6-15-9(7)2-3-10(12)20-17-13/h2-3,5-6,8,17H,1,4H2,(H,16,18,19). The Morgan fingerprint density at radius 2 is 2.15 bits per heavy atom. The number of carbonyl (C=O) groups is 2. The van der Waals surface area contributed by atoms with Crippen molar-refractivity contribution in [3.05, 3.63) is 30.1 Å². The summed E-state index contributed by atoms with van der Waals surface area (Å²) < 4.78 is 5.44. The highest BCUT2D eigenvalue weighted by atomic mass is 16.5. The predicted octanol–water partition coefficient (Wildman–Crippen LogP) is 1.83. The second-order valence-corrected chi connectivity index (χ2v) is 4.94. The Morgan fingerprint density at radius 3 is 3.00 bits per heavy atom. The van der Waals surface area contributed by atoms with Crippen LogP contribution in [0.3, 0.4) is 0 Å². The molecule has 6 heteroatoms. The lowest BCUT2D eigenvalue weighted by Gasteiger charge is -2.19. The van der Waals surface area contributed by atoms with Crippen LogP contribution in [0.2, 0.25) is 0 Å². The van der Waals surface area contributed by atoms with Crippen molar-refractivity contribution in [2.75, 3.05) is 0 Å². The van der Waals surface area contributed by atoms with E-state index in [-0.39, 0.29) is 11.8 Å². The van der Waals surface area contributed by atoms with Crippen molar-refractivity contribution < 1.29 is 14.1 Å². The highest BCUT2D eigenvalue weighted by Crippen LogP contribution is 2.34. The second kappa shape index (κ2) is 3.93. The Balaban J connectivity index is 1.93. The highest BCUT2D eigenvalue weighted by molar-refractivity contribution is 6.09. The van der Waals surface area contributed by atoms with Gasteiger partial charge in [-0.3, -0.25) is 19.9 Å². The van der Waals surface area contributed by atoms with E-state index in [0.717, 1.165) is 16.3 Å². The molecule has 1 atom stereocenters. The van der Waals surface area contributed by atoms with Crippen LogP contribution in [0, 0.1) is 0 Å². The van der Waals surface area contributed by atoms with Crippen molar-refractivity contribution >= 4 is 33.7 Å². The molecule has 20 heavy (non-hydrogen) atoms. The second-order valence-electron chi connectivity index (χ2n) is 4.94. The van der Waals surface area contributed by atoms with E-state index in [9.17, 15) is 9.59 Å². The van der Waals surface area contributed by atoms with E-state index in [1.54, 1.807) is 6.20 Å². The van der Waals surface area contributed by atoms with Gasteiger partial charge in [0.15, 0.2) is 5.58 Å². The minimum Gasteiger partial charge on any atom is -0.382 e. The fourth-order valence-electron chi connectivity index (χ4n) is 2.80. The maximum Gasteiger partial charge on any atom is 0.235 e. The smallest absolute Gasteiger partial charge is 0.235 e. The molecule has 1 unspecified atom stereocenters. The van der Waals surface area contributed by atoms with Crippen LogP contribution in [0.5, 0.6) is 0 Å². The maximum absolute atomic E-state index is 12.0. The first-order valence-corrected chi connectivity index (χ1v) is 6.42. The third-order valence-corrected chi connectivity index (χ3v) is 3.77. The van der Waals surface area contributed by atoms with Crippen LogP contribution in [0.4, 0.5) is 0 Å². The Hall–Kier alpha value is -2.63. The molecule has 1 saturated heterocycles. The summed E-state index contributed by atoms with van der Waals surface area (Å²) >= 11 is 0. The topological polar surface area (TPSA) is 88.0 Å². The summed E-state index contributed by atoms with van der Waals surface area (Å²) in [6.07, 6.45) is 2.55. The van der Waals surface area contributed by atoms with Crippen LogP contribution < -0.4 is 5.32 Å². The van der Waals surface area contributed by atoms with Gasteiger partial charge in [-0.05, 0) is 24.6 Å². The molecular formula is C14H11N3O3. The number of piperidine rings is 1. The third kappa shape index (κ3) is 1.48. The van der Waals surface area contributed by atoms with Gasteiger partial charge in [-0.15, -0.1) is 0 Å². The minimum atomic E-state index is -0.394. The lowest BCUT2D eigenvalue weighted by Crippen LogP contribution is -2.39. The van der Waals surface area contributed by atoms with Crippen molar-refractivity contribution in [1.82, 2.24) is 15.5 Å².